The van der Waals surface area contributed by atoms with Gasteiger partial charge in [-0.2, -0.15) is 0 Å². The van der Waals surface area contributed by atoms with Crippen molar-refractivity contribution in [3.63, 3.8) is 0 Å². The maximum atomic E-state index is 11.6. The molecule has 1 rings (SSSR count). The van der Waals surface area contributed by atoms with Gasteiger partial charge in [0.05, 0.1) is 6.04 Å². The Morgan fingerprint density at radius 3 is 2.73 bits per heavy atom. The molecule has 0 bridgehead atoms. The van der Waals surface area contributed by atoms with Gasteiger partial charge < -0.3 is 15.7 Å². The van der Waals surface area contributed by atoms with Gasteiger partial charge >= 0.3 is 5.97 Å². The molecule has 1 aliphatic heterocycles. The molecule has 3 N–H and O–H groups in total. The van der Waals surface area contributed by atoms with Crippen LogP contribution in [0, 0.1) is 0 Å². The monoisotopic (exact) mass is 214 g/mol. The van der Waals surface area contributed by atoms with Crippen molar-refractivity contribution in [1.82, 2.24) is 10.6 Å². The van der Waals surface area contributed by atoms with Crippen LogP contribution in [0.25, 0.3) is 0 Å². The van der Waals surface area contributed by atoms with E-state index in [0.29, 0.717) is 6.42 Å². The summed E-state index contributed by atoms with van der Waals surface area (Å²) in [6.45, 7) is 2.58. The third kappa shape index (κ3) is 3.51. The molecule has 0 aliphatic carbocycles. The minimum Gasteiger partial charge on any atom is -0.480 e. The lowest BCUT2D eigenvalue weighted by Crippen LogP contribution is -2.51. The van der Waals surface area contributed by atoms with E-state index in [1.165, 1.54) is 0 Å². The predicted molar refractivity (Wildman–Crippen MR) is 55.5 cm³/mol. The molecule has 0 spiro atoms. The minimum absolute atomic E-state index is 0.191. The van der Waals surface area contributed by atoms with Crippen molar-refractivity contribution in [3.05, 3.63) is 0 Å². The summed E-state index contributed by atoms with van der Waals surface area (Å²) in [5, 5.41) is 14.4. The van der Waals surface area contributed by atoms with Gasteiger partial charge in [-0.05, 0) is 25.8 Å². The van der Waals surface area contributed by atoms with Crippen LogP contribution in [0.2, 0.25) is 0 Å². The molecule has 0 aromatic heterocycles. The van der Waals surface area contributed by atoms with Crippen molar-refractivity contribution in [2.45, 2.75) is 44.7 Å². The molecule has 0 aromatic carbocycles. The zero-order valence-electron chi connectivity index (χ0n) is 8.95. The number of rotatable bonds is 4. The number of hydrogen-bond donors (Lipinski definition) is 3. The molecule has 15 heavy (non-hydrogen) atoms. The number of aliphatic carboxylic acids is 1. The summed E-state index contributed by atoms with van der Waals surface area (Å²) < 4.78 is 0. The molecule has 1 aliphatic rings. The second kappa shape index (κ2) is 5.70. The van der Waals surface area contributed by atoms with E-state index in [2.05, 4.69) is 10.6 Å². The second-order valence-electron chi connectivity index (χ2n) is 3.81. The zero-order chi connectivity index (χ0) is 11.3. The Kier molecular flexibility index (Phi) is 4.55. The Bertz CT molecular complexity index is 237. The van der Waals surface area contributed by atoms with Crippen LogP contribution in [0.1, 0.15) is 32.6 Å². The van der Waals surface area contributed by atoms with Crippen LogP contribution in [-0.4, -0.2) is 35.6 Å². The summed E-state index contributed by atoms with van der Waals surface area (Å²) in [7, 11) is 0. The molecule has 2 atom stereocenters. The summed E-state index contributed by atoms with van der Waals surface area (Å²) in [5.41, 5.74) is 0. The summed E-state index contributed by atoms with van der Waals surface area (Å²) in [5.74, 6) is -1.16. The van der Waals surface area contributed by atoms with Crippen LogP contribution in [-0.2, 0) is 9.59 Å². The number of carbonyl (C=O) groups is 2. The van der Waals surface area contributed by atoms with E-state index in [-0.39, 0.29) is 11.9 Å². The maximum absolute atomic E-state index is 11.6. The van der Waals surface area contributed by atoms with Crippen molar-refractivity contribution in [2.75, 3.05) is 6.54 Å². The summed E-state index contributed by atoms with van der Waals surface area (Å²) in [4.78, 5) is 22.3. The average Bonchev–Trinajstić information content (AvgIpc) is 2.26. The van der Waals surface area contributed by atoms with Crippen molar-refractivity contribution < 1.29 is 14.7 Å². The smallest absolute Gasteiger partial charge is 0.326 e. The van der Waals surface area contributed by atoms with Gasteiger partial charge in [-0.1, -0.05) is 13.3 Å². The van der Waals surface area contributed by atoms with Gasteiger partial charge in [0.15, 0.2) is 0 Å². The number of amides is 1. The van der Waals surface area contributed by atoms with Crippen molar-refractivity contribution in [3.8, 4) is 0 Å². The Morgan fingerprint density at radius 1 is 1.53 bits per heavy atom. The molecular weight excluding hydrogens is 196 g/mol. The van der Waals surface area contributed by atoms with E-state index in [0.717, 1.165) is 25.8 Å². The van der Waals surface area contributed by atoms with E-state index in [1.54, 1.807) is 6.92 Å². The van der Waals surface area contributed by atoms with Crippen molar-refractivity contribution in [1.29, 1.82) is 0 Å². The Morgan fingerprint density at radius 2 is 2.27 bits per heavy atom. The number of carbonyl (C=O) groups excluding carboxylic acids is 1. The first kappa shape index (κ1) is 12.0. The lowest BCUT2D eigenvalue weighted by Gasteiger charge is -2.24. The number of carboxylic acids is 1. The molecule has 1 heterocycles. The molecule has 0 aromatic rings. The fraction of sp³-hybridized carbons (Fsp3) is 0.800. The third-order valence-corrected chi connectivity index (χ3v) is 2.65. The molecular formula is C10H18N2O3. The van der Waals surface area contributed by atoms with Gasteiger partial charge in [0, 0.05) is 0 Å². The average molecular weight is 214 g/mol. The highest BCUT2D eigenvalue weighted by atomic mass is 16.4. The molecule has 1 amide bonds. The van der Waals surface area contributed by atoms with Gasteiger partial charge in [-0.25, -0.2) is 4.79 Å². The van der Waals surface area contributed by atoms with Gasteiger partial charge in [-0.15, -0.1) is 0 Å². The predicted octanol–water partition coefficient (Wildman–Crippen LogP) is 0.108. The number of hydrogen-bond acceptors (Lipinski definition) is 3. The van der Waals surface area contributed by atoms with Crippen LogP contribution in [0.4, 0.5) is 0 Å². The number of piperidine rings is 1. The highest BCUT2D eigenvalue weighted by molar-refractivity contribution is 5.86. The molecule has 5 heteroatoms. The minimum atomic E-state index is -0.971. The zero-order valence-corrected chi connectivity index (χ0v) is 8.95. The van der Waals surface area contributed by atoms with E-state index in [4.69, 9.17) is 5.11 Å². The lowest BCUT2D eigenvalue weighted by atomic mass is 10.0. The quantitative estimate of drug-likeness (QED) is 0.620. The fourth-order valence-electron chi connectivity index (χ4n) is 1.69. The van der Waals surface area contributed by atoms with Crippen LogP contribution in [0.5, 0.6) is 0 Å². The van der Waals surface area contributed by atoms with E-state index in [9.17, 15) is 9.59 Å². The Hall–Kier alpha value is -1.10. The lowest BCUT2D eigenvalue weighted by molar-refractivity contribution is -0.142. The number of carboxylic acid groups (broad SMARTS) is 1. The molecule has 5 nitrogen and oxygen atoms in total. The van der Waals surface area contributed by atoms with Gasteiger partial charge in [0.25, 0.3) is 0 Å². The molecule has 2 unspecified atom stereocenters. The first-order chi connectivity index (χ1) is 7.15. The largest absolute Gasteiger partial charge is 0.480 e. The highest BCUT2D eigenvalue weighted by Crippen LogP contribution is 2.07. The highest BCUT2D eigenvalue weighted by Gasteiger charge is 2.24. The summed E-state index contributed by atoms with van der Waals surface area (Å²) >= 11 is 0. The standard InChI is InChI=1S/C10H18N2O3/c1-2-7(10(14)15)12-9(13)8-5-3-4-6-11-8/h7-8,11H,2-6H2,1H3,(H,12,13)(H,14,15). The number of nitrogens with one attached hydrogen (secondary N) is 2. The first-order valence-electron chi connectivity index (χ1n) is 5.41. The summed E-state index contributed by atoms with van der Waals surface area (Å²) in [6.07, 6.45) is 3.31. The Balaban J connectivity index is 2.42. The second-order valence-corrected chi connectivity index (χ2v) is 3.81. The fourth-order valence-corrected chi connectivity index (χ4v) is 1.69. The van der Waals surface area contributed by atoms with Crippen molar-refractivity contribution >= 4 is 11.9 Å². The van der Waals surface area contributed by atoms with Crippen molar-refractivity contribution in [2.24, 2.45) is 0 Å². The Labute approximate surface area is 89.2 Å². The molecule has 1 saturated heterocycles. The molecule has 0 saturated carbocycles. The van der Waals surface area contributed by atoms with Crippen LogP contribution < -0.4 is 10.6 Å². The van der Waals surface area contributed by atoms with Crippen LogP contribution >= 0.6 is 0 Å². The normalized spacial score (nSPS) is 23.1. The molecule has 1 fully saturated rings. The maximum Gasteiger partial charge on any atom is 0.326 e. The first-order valence-corrected chi connectivity index (χ1v) is 5.41. The van der Waals surface area contributed by atoms with Gasteiger partial charge in [0.2, 0.25) is 5.91 Å². The van der Waals surface area contributed by atoms with E-state index < -0.39 is 12.0 Å². The van der Waals surface area contributed by atoms with E-state index in [1.807, 2.05) is 0 Å². The third-order valence-electron chi connectivity index (χ3n) is 2.65. The molecule has 0 radical (unpaired) electrons. The molecule has 86 valence electrons. The topological polar surface area (TPSA) is 78.4 Å². The van der Waals surface area contributed by atoms with Gasteiger partial charge in [-0.3, -0.25) is 4.79 Å². The van der Waals surface area contributed by atoms with Crippen LogP contribution in [0.15, 0.2) is 0 Å². The van der Waals surface area contributed by atoms with E-state index >= 15 is 0 Å². The van der Waals surface area contributed by atoms with Gasteiger partial charge in [0.1, 0.15) is 6.04 Å². The van der Waals surface area contributed by atoms with Crippen LogP contribution in [0.3, 0.4) is 0 Å². The SMILES string of the molecule is CCC(NC(=O)C1CCCCN1)C(=O)O. The summed E-state index contributed by atoms with van der Waals surface area (Å²) in [6, 6.07) is -0.978.